The quantitative estimate of drug-likeness (QED) is 0.741. The first kappa shape index (κ1) is 22.0. The average Bonchev–Trinajstić information content (AvgIpc) is 3.10. The molecule has 2 heterocycles. The number of nitrogens with one attached hydrogen (secondary N) is 1. The van der Waals surface area contributed by atoms with Crippen LogP contribution in [0.4, 0.5) is 5.69 Å². The maximum Gasteiger partial charge on any atom is 0.240 e. The average molecular weight is 444 g/mol. The number of sulfonamides is 1. The van der Waals surface area contributed by atoms with Crippen LogP contribution in [0.15, 0.2) is 53.4 Å². The Morgan fingerprint density at radius 3 is 2.55 bits per heavy atom. The Balaban J connectivity index is 1.54. The molecule has 8 heteroatoms. The summed E-state index contributed by atoms with van der Waals surface area (Å²) in [4.78, 5) is 16.2. The van der Waals surface area contributed by atoms with E-state index in [1.54, 1.807) is 23.1 Å². The van der Waals surface area contributed by atoms with Crippen LogP contribution in [-0.4, -0.2) is 58.1 Å². The molecule has 2 aromatic carbocycles. The summed E-state index contributed by atoms with van der Waals surface area (Å²) in [6.07, 6.45) is 0.651. The maximum atomic E-state index is 13.1. The van der Waals surface area contributed by atoms with Crippen LogP contribution in [0.2, 0.25) is 0 Å². The zero-order valence-electron chi connectivity index (χ0n) is 18.0. The molecule has 4 rings (SSSR count). The SMILES string of the molecule is CC(=O)N1c2ccc(S(=O)(=O)NC[C@@H](c3ccccc3)N3CCOCC3)cc2C[C@@H]1C. The van der Waals surface area contributed by atoms with Gasteiger partial charge in [0.15, 0.2) is 0 Å². The third kappa shape index (κ3) is 4.67. The lowest BCUT2D eigenvalue weighted by atomic mass is 10.1. The van der Waals surface area contributed by atoms with Gasteiger partial charge in [-0.25, -0.2) is 13.1 Å². The Morgan fingerprint density at radius 1 is 1.16 bits per heavy atom. The van der Waals surface area contributed by atoms with Crippen molar-refractivity contribution < 1.29 is 17.9 Å². The predicted molar refractivity (Wildman–Crippen MR) is 120 cm³/mol. The van der Waals surface area contributed by atoms with Crippen LogP contribution < -0.4 is 9.62 Å². The molecule has 2 atom stereocenters. The first-order valence-corrected chi connectivity index (χ1v) is 12.1. The van der Waals surface area contributed by atoms with Crippen molar-refractivity contribution in [2.75, 3.05) is 37.7 Å². The molecule has 0 saturated carbocycles. The zero-order chi connectivity index (χ0) is 22.0. The second-order valence-corrected chi connectivity index (χ2v) is 9.93. The number of carbonyl (C=O) groups excluding carboxylic acids is 1. The third-order valence-electron chi connectivity index (χ3n) is 6.05. The van der Waals surface area contributed by atoms with Crippen molar-refractivity contribution in [3.05, 3.63) is 59.7 Å². The van der Waals surface area contributed by atoms with Crippen molar-refractivity contribution in [2.45, 2.75) is 37.2 Å². The molecule has 2 aliphatic rings. The van der Waals surface area contributed by atoms with E-state index in [1.165, 1.54) is 6.92 Å². The summed E-state index contributed by atoms with van der Waals surface area (Å²) in [6.45, 7) is 6.60. The summed E-state index contributed by atoms with van der Waals surface area (Å²) < 4.78 is 34.5. The lowest BCUT2D eigenvalue weighted by Gasteiger charge is -2.34. The molecule has 1 saturated heterocycles. The van der Waals surface area contributed by atoms with Crippen LogP contribution in [-0.2, 0) is 26.0 Å². The molecular formula is C23H29N3O4S. The molecular weight excluding hydrogens is 414 g/mol. The van der Waals surface area contributed by atoms with Gasteiger partial charge in [-0.2, -0.15) is 0 Å². The van der Waals surface area contributed by atoms with Crippen molar-refractivity contribution in [2.24, 2.45) is 0 Å². The fourth-order valence-electron chi connectivity index (χ4n) is 4.55. The number of benzene rings is 2. The standard InChI is InChI=1S/C23H29N3O4S/c1-17-14-20-15-21(8-9-22(20)26(17)18(2)27)31(28,29)24-16-23(19-6-4-3-5-7-19)25-10-12-30-13-11-25/h3-9,15,17,23-24H,10-14,16H2,1-2H3/t17-,23-/m0/s1. The Kier molecular flexibility index (Phi) is 6.43. The second kappa shape index (κ2) is 9.08. The molecule has 1 N–H and O–H groups in total. The minimum absolute atomic E-state index is 0.0298. The van der Waals surface area contributed by atoms with Gasteiger partial charge in [-0.05, 0) is 42.7 Å². The van der Waals surface area contributed by atoms with E-state index in [4.69, 9.17) is 4.74 Å². The lowest BCUT2D eigenvalue weighted by Crippen LogP contribution is -2.43. The number of rotatable bonds is 6. The lowest BCUT2D eigenvalue weighted by molar-refractivity contribution is -0.116. The normalized spacial score (nSPS) is 20.5. The van der Waals surface area contributed by atoms with Gasteiger partial charge in [0.05, 0.1) is 18.1 Å². The molecule has 0 spiro atoms. The molecule has 0 bridgehead atoms. The fourth-order valence-corrected chi connectivity index (χ4v) is 5.64. The topological polar surface area (TPSA) is 79.0 Å². The summed E-state index contributed by atoms with van der Waals surface area (Å²) in [5.74, 6) is -0.0313. The molecule has 2 aliphatic heterocycles. The smallest absolute Gasteiger partial charge is 0.240 e. The summed E-state index contributed by atoms with van der Waals surface area (Å²) in [6, 6.07) is 14.9. The minimum atomic E-state index is -3.69. The highest BCUT2D eigenvalue weighted by atomic mass is 32.2. The van der Waals surface area contributed by atoms with Crippen LogP contribution in [0.1, 0.15) is 31.0 Å². The zero-order valence-corrected chi connectivity index (χ0v) is 18.8. The van der Waals surface area contributed by atoms with Crippen LogP contribution in [0.25, 0.3) is 0 Å². The molecule has 7 nitrogen and oxygen atoms in total. The van der Waals surface area contributed by atoms with E-state index >= 15 is 0 Å². The fraction of sp³-hybridized carbons (Fsp3) is 0.435. The monoisotopic (exact) mass is 443 g/mol. The maximum absolute atomic E-state index is 13.1. The van der Waals surface area contributed by atoms with Crippen molar-refractivity contribution in [1.29, 1.82) is 0 Å². The summed E-state index contributed by atoms with van der Waals surface area (Å²) in [7, 11) is -3.69. The van der Waals surface area contributed by atoms with E-state index in [1.807, 2.05) is 37.3 Å². The van der Waals surface area contributed by atoms with Gasteiger partial charge in [0.25, 0.3) is 0 Å². The number of ether oxygens (including phenoxy) is 1. The number of hydrogen-bond donors (Lipinski definition) is 1. The van der Waals surface area contributed by atoms with Gasteiger partial charge in [-0.1, -0.05) is 30.3 Å². The highest BCUT2D eigenvalue weighted by Crippen LogP contribution is 2.34. The van der Waals surface area contributed by atoms with E-state index < -0.39 is 10.0 Å². The first-order chi connectivity index (χ1) is 14.9. The Hall–Kier alpha value is -2.26. The molecule has 0 radical (unpaired) electrons. The summed E-state index contributed by atoms with van der Waals surface area (Å²) >= 11 is 0. The highest BCUT2D eigenvalue weighted by molar-refractivity contribution is 7.89. The number of hydrogen-bond acceptors (Lipinski definition) is 5. The number of morpholine rings is 1. The minimum Gasteiger partial charge on any atom is -0.379 e. The molecule has 166 valence electrons. The number of anilines is 1. The van der Waals surface area contributed by atoms with Gasteiger partial charge in [-0.15, -0.1) is 0 Å². The number of carbonyl (C=O) groups is 1. The highest BCUT2D eigenvalue weighted by Gasteiger charge is 2.31. The van der Waals surface area contributed by atoms with Gasteiger partial charge in [0, 0.05) is 44.3 Å². The molecule has 2 aromatic rings. The van der Waals surface area contributed by atoms with Gasteiger partial charge in [-0.3, -0.25) is 9.69 Å². The van der Waals surface area contributed by atoms with Gasteiger partial charge in [0.1, 0.15) is 0 Å². The van der Waals surface area contributed by atoms with E-state index in [0.29, 0.717) is 19.6 Å². The largest absolute Gasteiger partial charge is 0.379 e. The third-order valence-corrected chi connectivity index (χ3v) is 7.47. The van der Waals surface area contributed by atoms with E-state index in [-0.39, 0.29) is 29.4 Å². The van der Waals surface area contributed by atoms with Gasteiger partial charge >= 0.3 is 0 Å². The van der Waals surface area contributed by atoms with Crippen LogP contribution >= 0.6 is 0 Å². The van der Waals surface area contributed by atoms with Crippen LogP contribution in [0.3, 0.4) is 0 Å². The molecule has 1 amide bonds. The van der Waals surface area contributed by atoms with Crippen molar-refractivity contribution in [1.82, 2.24) is 9.62 Å². The number of nitrogens with zero attached hydrogens (tertiary/aromatic N) is 2. The van der Waals surface area contributed by atoms with E-state index in [0.717, 1.165) is 29.9 Å². The van der Waals surface area contributed by atoms with Crippen LogP contribution in [0, 0.1) is 0 Å². The number of fused-ring (bicyclic) bond motifs is 1. The Bertz CT molecular complexity index is 1040. The van der Waals surface area contributed by atoms with E-state index in [2.05, 4.69) is 9.62 Å². The Labute approximate surface area is 184 Å². The second-order valence-electron chi connectivity index (χ2n) is 8.16. The van der Waals surface area contributed by atoms with Crippen molar-refractivity contribution in [3.8, 4) is 0 Å². The number of amides is 1. The van der Waals surface area contributed by atoms with Crippen LogP contribution in [0.5, 0.6) is 0 Å². The Morgan fingerprint density at radius 2 is 1.87 bits per heavy atom. The van der Waals surface area contributed by atoms with Crippen molar-refractivity contribution >= 4 is 21.6 Å². The molecule has 0 aliphatic carbocycles. The van der Waals surface area contributed by atoms with Gasteiger partial charge in [0.2, 0.25) is 15.9 Å². The van der Waals surface area contributed by atoms with Gasteiger partial charge < -0.3 is 9.64 Å². The molecule has 0 unspecified atom stereocenters. The van der Waals surface area contributed by atoms with E-state index in [9.17, 15) is 13.2 Å². The first-order valence-electron chi connectivity index (χ1n) is 10.7. The summed E-state index contributed by atoms with van der Waals surface area (Å²) in [5, 5.41) is 0. The predicted octanol–water partition coefficient (Wildman–Crippen LogP) is 2.34. The summed E-state index contributed by atoms with van der Waals surface area (Å²) in [5.41, 5.74) is 2.76. The molecule has 0 aromatic heterocycles. The molecule has 1 fully saturated rings. The molecule has 31 heavy (non-hydrogen) atoms. The van der Waals surface area contributed by atoms with Crippen molar-refractivity contribution in [3.63, 3.8) is 0 Å².